The summed E-state index contributed by atoms with van der Waals surface area (Å²) >= 11 is 0. The van der Waals surface area contributed by atoms with Crippen molar-refractivity contribution in [1.29, 1.82) is 0 Å². The molecule has 0 aliphatic carbocycles. The number of carboxylic acid groups (broad SMARTS) is 1. The molecule has 1 fully saturated rings. The van der Waals surface area contributed by atoms with Gasteiger partial charge in [-0.2, -0.15) is 13.2 Å². The molecule has 1 aliphatic heterocycles. The lowest BCUT2D eigenvalue weighted by molar-refractivity contribution is -0.192. The molecule has 1 saturated heterocycles. The fourth-order valence-corrected chi connectivity index (χ4v) is 11.0. The van der Waals surface area contributed by atoms with Crippen LogP contribution in [0.4, 0.5) is 18.0 Å². The summed E-state index contributed by atoms with van der Waals surface area (Å²) in [6.07, 6.45) is -14.9. The number of aliphatic hydroxyl groups is 4. The highest BCUT2D eigenvalue weighted by atomic mass is 19.4. The number of halogens is 3. The van der Waals surface area contributed by atoms with E-state index < -0.39 is 216 Å². The van der Waals surface area contributed by atoms with Gasteiger partial charge in [-0.3, -0.25) is 57.7 Å². The summed E-state index contributed by atoms with van der Waals surface area (Å²) < 4.78 is 43.3. The summed E-state index contributed by atoms with van der Waals surface area (Å²) in [6, 6.07) is 4.75. The van der Waals surface area contributed by atoms with Crippen LogP contribution in [0.5, 0.6) is 0 Å². The lowest BCUT2D eigenvalue weighted by Crippen LogP contribution is -2.64. The lowest BCUT2D eigenvalue weighted by Gasteiger charge is -2.34. The summed E-state index contributed by atoms with van der Waals surface area (Å²) in [5.74, 6) is -20.7. The second-order valence-electron chi connectivity index (χ2n) is 29.1. The number of alkyl halides is 3. The number of nitrogens with two attached hydrogens (primary N) is 3. The van der Waals surface area contributed by atoms with Gasteiger partial charge in [0, 0.05) is 13.0 Å². The Kier molecular flexibility index (Phi) is 38.7. The van der Waals surface area contributed by atoms with Crippen LogP contribution in [-0.2, 0) is 78.2 Å². The van der Waals surface area contributed by atoms with Crippen molar-refractivity contribution in [1.82, 2.24) is 58.5 Å². The molecule has 15 atom stereocenters. The quantitative estimate of drug-likeness (QED) is 0.0201. The van der Waals surface area contributed by atoms with Gasteiger partial charge >= 0.3 is 24.2 Å². The number of ether oxygens (including phenoxy) is 2. The third-order valence-electron chi connectivity index (χ3n) is 17.1. The van der Waals surface area contributed by atoms with E-state index in [2.05, 4.69) is 52.8 Å². The third kappa shape index (κ3) is 32.7. The Bertz CT molecular complexity index is 3750. The molecule has 0 spiro atoms. The van der Waals surface area contributed by atoms with Gasteiger partial charge in [0.1, 0.15) is 60.0 Å². The molecular weight excluding hydrogens is 1490 g/mol. The number of hydrogen-bond acceptors (Lipinski definition) is 21. The number of hydrogen-bond donors (Lipinski definition) is 19. The molecule has 2 unspecified atom stereocenters. The number of esters is 1. The molecule has 0 radical (unpaired) electrons. The maximum absolute atomic E-state index is 15.7. The van der Waals surface area contributed by atoms with Crippen molar-refractivity contribution in [3.05, 3.63) is 96.1 Å². The molecule has 626 valence electrons. The molecule has 0 saturated carbocycles. The molecule has 0 aromatic heterocycles. The first-order valence-electron chi connectivity index (χ1n) is 36.4. The first kappa shape index (κ1) is 96.1. The van der Waals surface area contributed by atoms with Gasteiger partial charge in [-0.05, 0) is 99.3 Å². The number of carboxylic acids is 1. The molecule has 39 heteroatoms. The van der Waals surface area contributed by atoms with Crippen LogP contribution >= 0.6 is 0 Å². The van der Waals surface area contributed by atoms with Crippen LogP contribution < -0.4 is 75.7 Å². The zero-order chi connectivity index (χ0) is 85.5. The van der Waals surface area contributed by atoms with Crippen LogP contribution in [-0.4, -0.2) is 225 Å². The molecule has 3 aromatic carbocycles. The van der Waals surface area contributed by atoms with E-state index >= 15 is 14.4 Å². The molecular formula is C74H108F3N15O21. The predicted molar refractivity (Wildman–Crippen MR) is 401 cm³/mol. The zero-order valence-corrected chi connectivity index (χ0v) is 64.9. The highest BCUT2D eigenvalue weighted by Crippen LogP contribution is 2.26. The maximum atomic E-state index is 15.7. The van der Waals surface area contributed by atoms with Crippen molar-refractivity contribution in [3.8, 4) is 11.1 Å². The Morgan fingerprint density at radius 3 is 1.65 bits per heavy atom. The molecule has 1 aliphatic rings. The SMILES string of the molecule is CC[C@H](C)C1NC(=O)[C@@H](CCCN=C(N)N)NC(=O)[C@H](CC(C)C)NC(=O)[C@H]([C@H](O)C(C)C)NC(=O)[C@@H](NC(=O)[C@H](CC(C)C)NC(=O)[C@H](Cc2ccc(-c3ccccc3)cc2)NC(=O)OC(C)(C)C)[C@@H](c2ccccc2)OC(=O)[C@H](CO)NC(=O)[C@H]([C@H](O)C(N)=O)NC(=O)CNC(=O)C([C@H](C)O)NC1=O.O=C(O)C(F)(F)F. The van der Waals surface area contributed by atoms with Crippen LogP contribution in [0, 0.1) is 23.7 Å². The van der Waals surface area contributed by atoms with Gasteiger partial charge < -0.3 is 111 Å². The standard InChI is InChI=1S/C72H107N15O19.C2HF3O2/c1-13-39(8)51-65(99)85-52(40(9)89)64(98)77-34-50(90)83-54(57(92)59(73)93)67(101)81-49(35-88)69(103)105-58(44-23-18-15-19-24-44)55(68(102)86-53(56(91)38(6)7)66(100)80-46(31-36(2)3)61(95)78-45(60(94)84-51)25-20-30-76-70(74)75)87-63(97)47(32-37(4)5)79-62(96)48(82-71(104)106-72(10,11)12)33-41-26-28-43(29-27-41)42-21-16-14-17-22-42;3-2(4,5)1(6)7/h14-19,21-24,26-29,36-40,45-49,51-58,88-89,91-92H,13,20,25,30-35H2,1-12H3,(H2,73,93)(H,77,98)(H,78,95)(H,79,96)(H,80,100)(H,81,101)(H,82,104)(H,83,90)(H,84,94)(H,85,99)(H,86,102)(H,87,97)(H4,74,75,76);(H,6,7)/t39-,40-,45+,46-,47-,48-,49-,51?,52?,53-,54-,55-,56+,57-,58+;/m0./s1. The van der Waals surface area contributed by atoms with Crippen LogP contribution in [0.15, 0.2) is 89.9 Å². The normalized spacial score (nSPS) is 22.0. The summed E-state index contributed by atoms with van der Waals surface area (Å²) in [5, 5.41) is 78.6. The van der Waals surface area contributed by atoms with E-state index in [0.29, 0.717) is 5.56 Å². The van der Waals surface area contributed by atoms with Crippen molar-refractivity contribution in [2.24, 2.45) is 45.9 Å². The fourth-order valence-electron chi connectivity index (χ4n) is 11.0. The van der Waals surface area contributed by atoms with Crippen molar-refractivity contribution in [2.45, 2.75) is 218 Å². The van der Waals surface area contributed by atoms with E-state index in [4.69, 9.17) is 36.6 Å². The van der Waals surface area contributed by atoms with E-state index in [9.17, 15) is 81.5 Å². The number of alkyl carbamates (subject to hydrolysis) is 1. The number of amides is 12. The van der Waals surface area contributed by atoms with Crippen molar-refractivity contribution < 1.29 is 115 Å². The number of guanidine groups is 1. The predicted octanol–water partition coefficient (Wildman–Crippen LogP) is -1.37. The number of benzene rings is 3. The van der Waals surface area contributed by atoms with Gasteiger partial charge in [0.25, 0.3) is 0 Å². The average molecular weight is 1600 g/mol. The van der Waals surface area contributed by atoms with Crippen molar-refractivity contribution in [2.75, 3.05) is 19.7 Å². The minimum Gasteiger partial charge on any atom is -0.475 e. The minimum absolute atomic E-state index is 0.0238. The van der Waals surface area contributed by atoms with Gasteiger partial charge in [-0.15, -0.1) is 0 Å². The second-order valence-corrected chi connectivity index (χ2v) is 29.1. The van der Waals surface area contributed by atoms with Crippen LogP contribution in [0.2, 0.25) is 0 Å². The highest BCUT2D eigenvalue weighted by molar-refractivity contribution is 6.00. The van der Waals surface area contributed by atoms with Crippen LogP contribution in [0.3, 0.4) is 0 Å². The molecule has 0 bridgehead atoms. The molecule has 12 amide bonds. The van der Waals surface area contributed by atoms with E-state index in [1.165, 1.54) is 44.2 Å². The lowest BCUT2D eigenvalue weighted by atomic mass is 9.95. The number of rotatable bonds is 25. The summed E-state index contributed by atoms with van der Waals surface area (Å²) in [4.78, 5) is 200. The number of cyclic esters (lactones) is 1. The van der Waals surface area contributed by atoms with Crippen molar-refractivity contribution in [3.63, 3.8) is 0 Å². The zero-order valence-electron chi connectivity index (χ0n) is 64.9. The first-order valence-corrected chi connectivity index (χ1v) is 36.4. The van der Waals surface area contributed by atoms with Gasteiger partial charge in [0.05, 0.1) is 25.4 Å². The van der Waals surface area contributed by atoms with E-state index in [1.54, 1.807) is 74.4 Å². The molecule has 3 aromatic rings. The Morgan fingerprint density at radius 1 is 0.619 bits per heavy atom. The van der Waals surface area contributed by atoms with E-state index in [-0.39, 0.29) is 56.6 Å². The highest BCUT2D eigenvalue weighted by Gasteiger charge is 2.45. The Labute approximate surface area is 651 Å². The Balaban J connectivity index is 0.00000449. The monoisotopic (exact) mass is 1600 g/mol. The molecule has 113 heavy (non-hydrogen) atoms. The number of aliphatic hydroxyl groups excluding tert-OH is 4. The topological polar surface area (TPSA) is 581 Å². The summed E-state index contributed by atoms with van der Waals surface area (Å²) in [7, 11) is 0. The molecule has 36 nitrogen and oxygen atoms in total. The number of aliphatic imine (C=N–C) groups is 1. The number of aliphatic carboxylic acids is 1. The van der Waals surface area contributed by atoms with E-state index in [0.717, 1.165) is 18.1 Å². The molecule has 22 N–H and O–H groups in total. The molecule has 1 heterocycles. The number of primary amides is 1. The smallest absolute Gasteiger partial charge is 0.475 e. The number of nitrogens with zero attached hydrogens (tertiary/aromatic N) is 1. The molecule has 4 rings (SSSR count). The van der Waals surface area contributed by atoms with Crippen molar-refractivity contribution >= 4 is 89.0 Å². The third-order valence-corrected chi connectivity index (χ3v) is 17.1. The average Bonchev–Trinajstić information content (AvgIpc) is 0.812. The van der Waals surface area contributed by atoms with Gasteiger partial charge in [-0.25, -0.2) is 14.4 Å². The minimum atomic E-state index is -5.08. The number of carbonyl (C=O) groups is 14. The fraction of sp³-hybridized carbons (Fsp3) is 0.554. The Hall–Kier alpha value is -11.1. The van der Waals surface area contributed by atoms with Gasteiger partial charge in [-0.1, -0.05) is 147 Å². The van der Waals surface area contributed by atoms with Gasteiger partial charge in [0.15, 0.2) is 24.2 Å². The largest absolute Gasteiger partial charge is 0.490 e. The van der Waals surface area contributed by atoms with E-state index in [1.807, 2.05) is 53.1 Å². The Morgan fingerprint density at radius 2 is 1.14 bits per heavy atom. The summed E-state index contributed by atoms with van der Waals surface area (Å²) in [6.45, 7) is 16.3. The van der Waals surface area contributed by atoms with Crippen LogP contribution in [0.25, 0.3) is 11.1 Å². The number of nitrogens with one attached hydrogen (secondary N) is 11. The van der Waals surface area contributed by atoms with Gasteiger partial charge in [0.2, 0.25) is 65.0 Å². The maximum Gasteiger partial charge on any atom is 0.490 e. The summed E-state index contributed by atoms with van der Waals surface area (Å²) in [5.41, 5.74) is 17.7. The van der Waals surface area contributed by atoms with Crippen LogP contribution in [0.1, 0.15) is 132 Å². The second kappa shape index (κ2) is 45.4. The first-order chi connectivity index (χ1) is 52.7. The number of carbonyl (C=O) groups excluding carboxylic acids is 13.